The van der Waals surface area contributed by atoms with E-state index in [9.17, 15) is 44.7 Å². The Morgan fingerprint density at radius 3 is 1.29 bits per heavy atom. The average molecular weight is 592 g/mol. The minimum Gasteiger partial charge on any atom is -0.239 e. The molecule has 0 N–H and O–H groups in total. The van der Waals surface area contributed by atoms with Crippen LogP contribution in [0.5, 0.6) is 0 Å². The van der Waals surface area contributed by atoms with Gasteiger partial charge in [0.15, 0.2) is 17.1 Å². The summed E-state index contributed by atoms with van der Waals surface area (Å²) in [6, 6.07) is 1.53. The molecule has 204 valence electrons. The van der Waals surface area contributed by atoms with Crippen LogP contribution < -0.4 is 0 Å². The second-order valence-electron chi connectivity index (χ2n) is 8.24. The molecule has 1 saturated carbocycles. The third-order valence-corrected chi connectivity index (χ3v) is 6.04. The lowest BCUT2D eigenvalue weighted by molar-refractivity contribution is 0.626. The maximum atomic E-state index is 14.8. The van der Waals surface area contributed by atoms with Gasteiger partial charge in [-0.1, -0.05) is 0 Å². The number of benzene rings is 3. The van der Waals surface area contributed by atoms with Crippen molar-refractivity contribution in [1.29, 1.82) is 31.6 Å². The van der Waals surface area contributed by atoms with E-state index in [-0.39, 0.29) is 0 Å². The van der Waals surface area contributed by atoms with Crippen molar-refractivity contribution < 1.29 is 21.4 Å². The second kappa shape index (κ2) is 11.9. The largest absolute Gasteiger partial charge is 0.239 e. The molecule has 0 unspecified atom stereocenters. The first-order valence-electron chi connectivity index (χ1n) is 14.5. The SMILES string of the molecule is [2H]c1c(F)c([2H])c([N+]#[C-])c(/C(C#N)=C2\C(=C(/C#N)c3c(C#N)c([2H])c(F)c([2H])c3C#N)\C2=C(/[N+]#[C-])c2c(C#N)c([2H])c(F)c([2H])c2[N+]#[C-])c1C#N. The Labute approximate surface area is 261 Å². The van der Waals surface area contributed by atoms with Crippen LogP contribution in [0.4, 0.5) is 24.5 Å². The fraction of sp³-hybridized carbons (Fsp3) is 0. The molecular weight excluding hydrogens is 579 g/mol. The van der Waals surface area contributed by atoms with Crippen LogP contribution in [0.15, 0.2) is 53.0 Å². The Morgan fingerprint density at radius 2 is 0.911 bits per heavy atom. The van der Waals surface area contributed by atoms with Gasteiger partial charge >= 0.3 is 0 Å². The lowest BCUT2D eigenvalue weighted by Crippen LogP contribution is -1.96. The molecule has 0 heterocycles. The molecule has 1 aliphatic rings. The first kappa shape index (κ1) is 22.7. The Balaban J connectivity index is 2.51. The Kier molecular flexibility index (Phi) is 6.01. The topological polar surface area (TPSA) is 156 Å². The molecule has 1 aliphatic carbocycles. The van der Waals surface area contributed by atoms with E-state index >= 15 is 0 Å². The zero-order valence-electron chi connectivity index (χ0n) is 27.7. The van der Waals surface area contributed by atoms with Crippen molar-refractivity contribution in [1.82, 2.24) is 0 Å². The van der Waals surface area contributed by atoms with Crippen LogP contribution in [-0.4, -0.2) is 0 Å². The van der Waals surface area contributed by atoms with Crippen molar-refractivity contribution >= 4 is 28.2 Å². The quantitative estimate of drug-likeness (QED) is 0.230. The van der Waals surface area contributed by atoms with Crippen molar-refractivity contribution in [2.45, 2.75) is 0 Å². The van der Waals surface area contributed by atoms with Gasteiger partial charge in [0, 0.05) is 22.3 Å². The molecule has 9 nitrogen and oxygen atoms in total. The van der Waals surface area contributed by atoms with Crippen LogP contribution in [-0.2, 0) is 0 Å². The van der Waals surface area contributed by atoms with Crippen molar-refractivity contribution in [3.05, 3.63) is 144 Å². The van der Waals surface area contributed by atoms with Gasteiger partial charge in [-0.05, 0) is 53.0 Å². The number of nitrogens with zero attached hydrogens (tertiary/aromatic N) is 9. The smallest absolute Gasteiger partial charge is 0.199 e. The van der Waals surface area contributed by atoms with Crippen LogP contribution in [0.1, 0.15) is 47.2 Å². The number of hydrogen-bond acceptors (Lipinski definition) is 6. The summed E-state index contributed by atoms with van der Waals surface area (Å²) in [5.74, 6) is -4.88. The van der Waals surface area contributed by atoms with Crippen LogP contribution in [0.25, 0.3) is 31.4 Å². The third kappa shape index (κ3) is 4.94. The Hall–Kier alpha value is -7.92. The Morgan fingerprint density at radius 1 is 0.556 bits per heavy atom. The zero-order chi connectivity index (χ0) is 38.2. The van der Waals surface area contributed by atoms with E-state index in [1.807, 2.05) is 0 Å². The van der Waals surface area contributed by atoms with Gasteiger partial charge in [-0.2, -0.15) is 31.6 Å². The van der Waals surface area contributed by atoms with E-state index in [4.69, 9.17) is 27.9 Å². The molecule has 0 bridgehead atoms. The van der Waals surface area contributed by atoms with E-state index in [1.165, 1.54) is 24.3 Å². The number of halogens is 3. The van der Waals surface area contributed by atoms with E-state index in [2.05, 4.69) is 14.5 Å². The molecule has 0 amide bonds. The van der Waals surface area contributed by atoms with Gasteiger partial charge in [0.25, 0.3) is 0 Å². The molecule has 45 heavy (non-hydrogen) atoms. The molecular formula is C33H6F3N9. The highest BCUT2D eigenvalue weighted by Crippen LogP contribution is 2.58. The molecule has 0 atom stereocenters. The normalized spacial score (nSPS) is 16.1. The van der Waals surface area contributed by atoms with Gasteiger partial charge in [0.05, 0.1) is 86.1 Å². The maximum absolute atomic E-state index is 14.8. The molecule has 1 fully saturated rings. The molecule has 3 aromatic rings. The van der Waals surface area contributed by atoms with Gasteiger partial charge in [0.1, 0.15) is 23.5 Å². The average Bonchev–Trinajstić information content (AvgIpc) is 3.84. The molecule has 4 rings (SSSR count). The van der Waals surface area contributed by atoms with Crippen LogP contribution >= 0.6 is 0 Å². The summed E-state index contributed by atoms with van der Waals surface area (Å²) in [5.41, 5.74) is -13.2. The third-order valence-electron chi connectivity index (χ3n) is 6.04. The lowest BCUT2D eigenvalue weighted by Gasteiger charge is -2.06. The first-order valence-corrected chi connectivity index (χ1v) is 11.5. The van der Waals surface area contributed by atoms with Crippen molar-refractivity contribution in [2.75, 3.05) is 0 Å². The zero-order valence-corrected chi connectivity index (χ0v) is 21.7. The summed E-state index contributed by atoms with van der Waals surface area (Å²) in [4.78, 5) is 9.33. The van der Waals surface area contributed by atoms with Gasteiger partial charge in [-0.25, -0.2) is 27.7 Å². The predicted octanol–water partition coefficient (Wildman–Crippen LogP) is 7.29. The maximum Gasteiger partial charge on any atom is 0.199 e. The highest BCUT2D eigenvalue weighted by atomic mass is 19.1. The van der Waals surface area contributed by atoms with Crippen molar-refractivity contribution in [3.8, 4) is 36.4 Å². The van der Waals surface area contributed by atoms with Gasteiger partial charge in [0.2, 0.25) is 0 Å². The van der Waals surface area contributed by atoms with Crippen LogP contribution in [0, 0.1) is 105 Å². The van der Waals surface area contributed by atoms with E-state index in [1.54, 1.807) is 12.1 Å². The minimum absolute atomic E-state index is 0.663. The molecule has 0 spiro atoms. The summed E-state index contributed by atoms with van der Waals surface area (Å²) in [7, 11) is 0. The number of hydrogen-bond donors (Lipinski definition) is 0. The summed E-state index contributed by atoms with van der Waals surface area (Å²) in [5, 5.41) is 60.4. The summed E-state index contributed by atoms with van der Waals surface area (Å²) >= 11 is 0. The molecule has 12 heteroatoms. The molecule has 0 radical (unpaired) electrons. The van der Waals surface area contributed by atoms with E-state index < -0.39 is 138 Å². The molecule has 0 aromatic heterocycles. The number of rotatable bonds is 3. The number of allylic oxidation sites excluding steroid dienone is 5. The monoisotopic (exact) mass is 591 g/mol. The second-order valence-corrected chi connectivity index (χ2v) is 8.24. The molecule has 3 aromatic carbocycles. The van der Waals surface area contributed by atoms with Gasteiger partial charge < -0.3 is 0 Å². The van der Waals surface area contributed by atoms with Crippen molar-refractivity contribution in [2.24, 2.45) is 0 Å². The number of nitriles is 6. The minimum atomic E-state index is -1.63. The highest BCUT2D eigenvalue weighted by Gasteiger charge is 2.43. The van der Waals surface area contributed by atoms with Crippen LogP contribution in [0.3, 0.4) is 0 Å². The van der Waals surface area contributed by atoms with Gasteiger partial charge in [-0.3, -0.25) is 0 Å². The lowest BCUT2D eigenvalue weighted by atomic mass is 9.93. The van der Waals surface area contributed by atoms with E-state index in [0.717, 1.165) is 0 Å². The first-order chi connectivity index (χ1) is 24.2. The fourth-order valence-electron chi connectivity index (χ4n) is 4.34. The molecule has 0 aliphatic heterocycles. The predicted molar refractivity (Wildman–Crippen MR) is 149 cm³/mol. The summed E-state index contributed by atoms with van der Waals surface area (Å²) in [6.07, 6.45) is 0. The Bertz CT molecular complexity index is 2310. The summed E-state index contributed by atoms with van der Waals surface area (Å²) in [6.45, 7) is 23.1. The standard InChI is InChI=1S/C33H6F3N9/c1-43-25-8-21(35)6-18(12-39)28(25)24(15-42)31-30(23(14-41)27-16(10-37)4-20(34)5-17(27)11-38)32(31)33(45-3)29-19(13-40)7-22(36)9-26(29)44-2/h4-9H/b30-23-,31-24+,33-32+/i4D,5D,6D,7D,8D,9D. The van der Waals surface area contributed by atoms with Gasteiger partial charge in [-0.15, -0.1) is 0 Å². The molecule has 0 saturated heterocycles. The fourth-order valence-corrected chi connectivity index (χ4v) is 4.34. The highest BCUT2D eigenvalue weighted by molar-refractivity contribution is 6.13. The van der Waals surface area contributed by atoms with Crippen LogP contribution in [0.2, 0.25) is 0 Å². The van der Waals surface area contributed by atoms with E-state index in [0.29, 0.717) is 0 Å². The van der Waals surface area contributed by atoms with Crippen molar-refractivity contribution in [3.63, 3.8) is 0 Å². The summed E-state index contributed by atoms with van der Waals surface area (Å²) < 4.78 is 92.7.